The second-order valence-corrected chi connectivity index (χ2v) is 6.80. The van der Waals surface area contributed by atoms with Crippen molar-refractivity contribution in [1.82, 2.24) is 5.32 Å². The fourth-order valence-corrected chi connectivity index (χ4v) is 3.23. The first-order valence-electron chi connectivity index (χ1n) is 8.74. The number of nitrogens with zero attached hydrogens (tertiary/aromatic N) is 1. The summed E-state index contributed by atoms with van der Waals surface area (Å²) in [6.07, 6.45) is 0.277. The molecular weight excluding hydrogens is 312 g/mol. The Morgan fingerprint density at radius 2 is 1.96 bits per heavy atom. The molecule has 0 unspecified atom stereocenters. The smallest absolute Gasteiger partial charge is 0.227 e. The molecule has 2 amide bonds. The van der Waals surface area contributed by atoms with Crippen LogP contribution in [0.3, 0.4) is 0 Å². The van der Waals surface area contributed by atoms with Crippen LogP contribution < -0.4 is 10.2 Å². The molecule has 2 aromatic rings. The molecule has 0 bridgehead atoms. The van der Waals surface area contributed by atoms with Gasteiger partial charge >= 0.3 is 0 Å². The molecule has 0 saturated carbocycles. The molecule has 2 aromatic carbocycles. The van der Waals surface area contributed by atoms with Gasteiger partial charge in [-0.25, -0.2) is 0 Å². The van der Waals surface area contributed by atoms with E-state index in [0.717, 1.165) is 11.3 Å². The lowest BCUT2D eigenvalue weighted by molar-refractivity contribution is -0.126. The Hall–Kier alpha value is -2.62. The number of amides is 2. The van der Waals surface area contributed by atoms with Crippen LogP contribution in [0.1, 0.15) is 30.4 Å². The van der Waals surface area contributed by atoms with Crippen LogP contribution in [0.5, 0.6) is 0 Å². The average molecular weight is 336 g/mol. The molecule has 4 heteroatoms. The third-order valence-corrected chi connectivity index (χ3v) is 4.76. The fraction of sp³-hybridized carbons (Fsp3) is 0.333. The molecule has 4 nitrogen and oxygen atoms in total. The first-order valence-corrected chi connectivity index (χ1v) is 8.74. The summed E-state index contributed by atoms with van der Waals surface area (Å²) in [5.41, 5.74) is 3.18. The second-order valence-electron chi connectivity index (χ2n) is 6.80. The van der Waals surface area contributed by atoms with Gasteiger partial charge in [-0.15, -0.1) is 0 Å². The molecule has 130 valence electrons. The van der Waals surface area contributed by atoms with Gasteiger partial charge in [0.05, 0.1) is 5.92 Å². The monoisotopic (exact) mass is 336 g/mol. The first-order chi connectivity index (χ1) is 12.0. The van der Waals surface area contributed by atoms with Crippen molar-refractivity contribution in [3.8, 4) is 0 Å². The van der Waals surface area contributed by atoms with E-state index in [1.54, 1.807) is 4.90 Å². The van der Waals surface area contributed by atoms with Crippen molar-refractivity contribution in [2.45, 2.75) is 26.2 Å². The van der Waals surface area contributed by atoms with Crippen molar-refractivity contribution in [2.24, 2.45) is 5.92 Å². The molecule has 1 N–H and O–H groups in total. The van der Waals surface area contributed by atoms with Gasteiger partial charge in [0.15, 0.2) is 0 Å². The zero-order valence-electron chi connectivity index (χ0n) is 14.7. The van der Waals surface area contributed by atoms with Crippen molar-refractivity contribution < 1.29 is 9.59 Å². The Morgan fingerprint density at radius 1 is 1.20 bits per heavy atom. The number of nitrogens with one attached hydrogen (secondary N) is 1. The topological polar surface area (TPSA) is 49.4 Å². The minimum atomic E-state index is -0.281. The van der Waals surface area contributed by atoms with Crippen LogP contribution in [0.15, 0.2) is 54.6 Å². The molecule has 25 heavy (non-hydrogen) atoms. The zero-order chi connectivity index (χ0) is 17.8. The number of hydrogen-bond acceptors (Lipinski definition) is 2. The number of benzene rings is 2. The van der Waals surface area contributed by atoms with E-state index >= 15 is 0 Å². The molecule has 3 rings (SSSR count). The van der Waals surface area contributed by atoms with Crippen molar-refractivity contribution >= 4 is 17.5 Å². The molecule has 0 aliphatic carbocycles. The van der Waals surface area contributed by atoms with E-state index in [9.17, 15) is 9.59 Å². The third-order valence-electron chi connectivity index (χ3n) is 4.76. The summed E-state index contributed by atoms with van der Waals surface area (Å²) in [6, 6.07) is 18.0. The molecule has 1 saturated heterocycles. The van der Waals surface area contributed by atoms with Gasteiger partial charge in [0.1, 0.15) is 0 Å². The summed E-state index contributed by atoms with van der Waals surface area (Å²) in [4.78, 5) is 26.5. The predicted molar refractivity (Wildman–Crippen MR) is 99.5 cm³/mol. The molecule has 1 fully saturated rings. The van der Waals surface area contributed by atoms with Gasteiger partial charge in [-0.2, -0.15) is 0 Å². The molecule has 0 aromatic heterocycles. The zero-order valence-corrected chi connectivity index (χ0v) is 14.7. The van der Waals surface area contributed by atoms with Crippen LogP contribution >= 0.6 is 0 Å². The summed E-state index contributed by atoms with van der Waals surface area (Å²) in [5, 5.41) is 3.01. The fourth-order valence-electron chi connectivity index (χ4n) is 3.23. The highest BCUT2D eigenvalue weighted by atomic mass is 16.2. The number of aryl methyl sites for hydroxylation is 1. The average Bonchev–Trinajstić information content (AvgIpc) is 3.02. The van der Waals surface area contributed by atoms with Crippen LogP contribution in [0.2, 0.25) is 0 Å². The Kier molecular flexibility index (Phi) is 5.17. The Labute approximate surface area is 148 Å². The lowest BCUT2D eigenvalue weighted by atomic mass is 10.0. The largest absolute Gasteiger partial charge is 0.355 e. The van der Waals surface area contributed by atoms with E-state index in [1.165, 1.54) is 5.56 Å². The van der Waals surface area contributed by atoms with Gasteiger partial charge in [0.25, 0.3) is 0 Å². The predicted octanol–water partition coefficient (Wildman–Crippen LogP) is 3.27. The number of carbonyl (C=O) groups is 2. The van der Waals surface area contributed by atoms with Crippen molar-refractivity contribution in [2.75, 3.05) is 18.0 Å². The van der Waals surface area contributed by atoms with Crippen LogP contribution in [-0.4, -0.2) is 24.9 Å². The number of hydrogen-bond donors (Lipinski definition) is 1. The Bertz CT molecular complexity index is 758. The third kappa shape index (κ3) is 4.08. The van der Waals surface area contributed by atoms with E-state index in [1.807, 2.05) is 49.4 Å². The summed E-state index contributed by atoms with van der Waals surface area (Å²) >= 11 is 0. The van der Waals surface area contributed by atoms with E-state index in [0.29, 0.717) is 13.1 Å². The minimum absolute atomic E-state index is 0.0156. The molecule has 2 atom stereocenters. The number of carbonyl (C=O) groups excluding carboxylic acids is 2. The van der Waals surface area contributed by atoms with Crippen LogP contribution in [0, 0.1) is 12.8 Å². The molecule has 1 aliphatic heterocycles. The van der Waals surface area contributed by atoms with E-state index < -0.39 is 0 Å². The standard InChI is InChI=1S/C21H24N2O2/c1-15-7-6-10-19(11-15)23-14-18(12-20(23)24)21(25)22-13-16(2)17-8-4-3-5-9-17/h3-11,16,18H,12-14H2,1-2H3,(H,22,25)/t16-,18+/m0/s1. The highest BCUT2D eigenvalue weighted by Gasteiger charge is 2.35. The van der Waals surface area contributed by atoms with Gasteiger partial charge in [-0.3, -0.25) is 9.59 Å². The molecule has 1 aliphatic rings. The second kappa shape index (κ2) is 7.51. The van der Waals surface area contributed by atoms with Crippen LogP contribution in [-0.2, 0) is 9.59 Å². The first kappa shape index (κ1) is 17.2. The lowest BCUT2D eigenvalue weighted by Gasteiger charge is -2.18. The lowest BCUT2D eigenvalue weighted by Crippen LogP contribution is -2.35. The Balaban J connectivity index is 1.57. The van der Waals surface area contributed by atoms with Crippen LogP contribution in [0.25, 0.3) is 0 Å². The highest BCUT2D eigenvalue weighted by Crippen LogP contribution is 2.26. The molecular formula is C21H24N2O2. The van der Waals surface area contributed by atoms with E-state index in [4.69, 9.17) is 0 Å². The molecule has 1 heterocycles. The maximum atomic E-state index is 12.5. The van der Waals surface area contributed by atoms with Gasteiger partial charge in [-0.1, -0.05) is 49.4 Å². The summed E-state index contributed by atoms with van der Waals surface area (Å²) < 4.78 is 0. The maximum absolute atomic E-state index is 12.5. The molecule has 0 spiro atoms. The van der Waals surface area contributed by atoms with Crippen LogP contribution in [0.4, 0.5) is 5.69 Å². The Morgan fingerprint density at radius 3 is 2.68 bits per heavy atom. The summed E-state index contributed by atoms with van der Waals surface area (Å²) in [7, 11) is 0. The highest BCUT2D eigenvalue weighted by molar-refractivity contribution is 6.00. The number of rotatable bonds is 5. The van der Waals surface area contributed by atoms with Gasteiger partial charge in [-0.05, 0) is 36.1 Å². The van der Waals surface area contributed by atoms with Gasteiger partial charge in [0.2, 0.25) is 11.8 Å². The maximum Gasteiger partial charge on any atom is 0.227 e. The van der Waals surface area contributed by atoms with Crippen molar-refractivity contribution in [3.63, 3.8) is 0 Å². The number of anilines is 1. The minimum Gasteiger partial charge on any atom is -0.355 e. The quantitative estimate of drug-likeness (QED) is 0.911. The summed E-state index contributed by atoms with van der Waals surface area (Å²) in [5.74, 6) is -0.0562. The van der Waals surface area contributed by atoms with Gasteiger partial charge < -0.3 is 10.2 Å². The summed E-state index contributed by atoms with van der Waals surface area (Å²) in [6.45, 7) is 5.12. The van der Waals surface area contributed by atoms with Gasteiger partial charge in [0, 0.05) is 25.2 Å². The normalized spacial score (nSPS) is 18.2. The van der Waals surface area contributed by atoms with E-state index in [-0.39, 0.29) is 30.1 Å². The van der Waals surface area contributed by atoms with E-state index in [2.05, 4.69) is 24.4 Å². The van der Waals surface area contributed by atoms with Crippen molar-refractivity contribution in [3.05, 3.63) is 65.7 Å². The SMILES string of the molecule is Cc1cccc(N2C[C@H](C(=O)NC[C@H](C)c3ccccc3)CC2=O)c1. The molecule has 0 radical (unpaired) electrons. The van der Waals surface area contributed by atoms with Crippen molar-refractivity contribution in [1.29, 1.82) is 0 Å².